The van der Waals surface area contributed by atoms with Gasteiger partial charge >= 0.3 is 0 Å². The van der Waals surface area contributed by atoms with Crippen LogP contribution >= 0.6 is 0 Å². The van der Waals surface area contributed by atoms with Gasteiger partial charge < -0.3 is 4.90 Å². The van der Waals surface area contributed by atoms with Gasteiger partial charge in [0.05, 0.1) is 0 Å². The second-order valence-corrected chi connectivity index (χ2v) is 5.19. The Kier molecular flexibility index (Phi) is 2.08. The normalized spacial score (nSPS) is 29.5. The Hall–Kier alpha value is -0.860. The van der Waals surface area contributed by atoms with Gasteiger partial charge in [0.1, 0.15) is 0 Å². The van der Waals surface area contributed by atoms with Crippen molar-refractivity contribution in [2.45, 2.75) is 44.6 Å². The van der Waals surface area contributed by atoms with Gasteiger partial charge in [0, 0.05) is 19.0 Å². The lowest BCUT2D eigenvalue weighted by atomic mass is 9.77. The van der Waals surface area contributed by atoms with Crippen molar-refractivity contribution in [1.29, 1.82) is 0 Å². The molecular formula is C12H17NO2. The quantitative estimate of drug-likeness (QED) is 0.655. The second-order valence-electron chi connectivity index (χ2n) is 5.19. The fraction of sp³-hybridized carbons (Fsp3) is 0.833. The molecule has 0 bridgehead atoms. The molecule has 3 heteroatoms. The van der Waals surface area contributed by atoms with E-state index >= 15 is 0 Å². The van der Waals surface area contributed by atoms with Crippen molar-refractivity contribution < 1.29 is 9.59 Å². The lowest BCUT2D eigenvalue weighted by Crippen LogP contribution is -2.46. The molecule has 1 unspecified atom stereocenters. The Balaban J connectivity index is 1.76. The molecule has 0 spiro atoms. The minimum atomic E-state index is -0.196. The number of hydrogen-bond acceptors (Lipinski definition) is 2. The molecule has 0 aromatic rings. The Morgan fingerprint density at radius 3 is 2.13 bits per heavy atom. The van der Waals surface area contributed by atoms with Crippen LogP contribution in [0.25, 0.3) is 0 Å². The van der Waals surface area contributed by atoms with E-state index < -0.39 is 0 Å². The molecule has 0 aromatic heterocycles. The molecule has 1 aliphatic heterocycles. The molecule has 0 radical (unpaired) electrons. The fourth-order valence-corrected chi connectivity index (χ4v) is 2.99. The van der Waals surface area contributed by atoms with Crippen LogP contribution in [0.3, 0.4) is 0 Å². The number of rotatable bonds is 3. The number of carbonyl (C=O) groups excluding carboxylic acids is 2. The van der Waals surface area contributed by atoms with Gasteiger partial charge in [-0.2, -0.15) is 0 Å². The van der Waals surface area contributed by atoms with Crippen LogP contribution in [0, 0.1) is 11.8 Å². The van der Waals surface area contributed by atoms with Crippen molar-refractivity contribution in [2.75, 3.05) is 6.54 Å². The van der Waals surface area contributed by atoms with Crippen LogP contribution in [0.4, 0.5) is 0 Å². The summed E-state index contributed by atoms with van der Waals surface area (Å²) in [5, 5.41) is 0. The number of likely N-dealkylation sites (tertiary alicyclic amines) is 1. The van der Waals surface area contributed by atoms with E-state index in [1.54, 1.807) is 0 Å². The Morgan fingerprint density at radius 2 is 1.73 bits per heavy atom. The maximum atomic E-state index is 11.7. The molecule has 2 aliphatic carbocycles. The maximum Gasteiger partial charge on any atom is 0.290 e. The first-order chi connectivity index (χ1) is 7.27. The molecule has 1 amide bonds. The zero-order valence-electron chi connectivity index (χ0n) is 8.95. The highest BCUT2D eigenvalue weighted by Crippen LogP contribution is 2.45. The monoisotopic (exact) mass is 207 g/mol. The van der Waals surface area contributed by atoms with E-state index in [1.165, 1.54) is 32.1 Å². The van der Waals surface area contributed by atoms with Gasteiger partial charge in [0.25, 0.3) is 5.91 Å². The number of amides is 1. The summed E-state index contributed by atoms with van der Waals surface area (Å²) in [4.78, 5) is 24.9. The third kappa shape index (κ3) is 1.48. The van der Waals surface area contributed by atoms with Gasteiger partial charge in [-0.15, -0.1) is 0 Å². The number of nitrogens with zero attached hydrogens (tertiary/aromatic N) is 1. The van der Waals surface area contributed by atoms with Gasteiger partial charge in [-0.25, -0.2) is 0 Å². The smallest absolute Gasteiger partial charge is 0.290 e. The van der Waals surface area contributed by atoms with Crippen LogP contribution < -0.4 is 0 Å². The van der Waals surface area contributed by atoms with E-state index in [4.69, 9.17) is 0 Å². The predicted octanol–water partition coefficient (Wildman–Crippen LogP) is 1.37. The van der Waals surface area contributed by atoms with Crippen molar-refractivity contribution in [3.05, 3.63) is 0 Å². The SMILES string of the molecule is O=C1CCN(C(C2CCC2)C2CC2)C1=O. The third-order valence-corrected chi connectivity index (χ3v) is 4.18. The highest BCUT2D eigenvalue weighted by molar-refractivity contribution is 6.37. The van der Waals surface area contributed by atoms with Gasteiger partial charge in [0.2, 0.25) is 5.78 Å². The van der Waals surface area contributed by atoms with Crippen molar-refractivity contribution in [1.82, 2.24) is 4.90 Å². The molecule has 82 valence electrons. The average molecular weight is 207 g/mol. The highest BCUT2D eigenvalue weighted by Gasteiger charge is 2.46. The summed E-state index contributed by atoms with van der Waals surface area (Å²) in [5.41, 5.74) is 0. The summed E-state index contributed by atoms with van der Waals surface area (Å²) in [6, 6.07) is 0.415. The van der Waals surface area contributed by atoms with Crippen LogP contribution in [0.2, 0.25) is 0 Å². The van der Waals surface area contributed by atoms with E-state index in [2.05, 4.69) is 0 Å². The summed E-state index contributed by atoms with van der Waals surface area (Å²) < 4.78 is 0. The van der Waals surface area contributed by atoms with Gasteiger partial charge in [0.15, 0.2) is 0 Å². The van der Waals surface area contributed by atoms with Crippen molar-refractivity contribution in [2.24, 2.45) is 11.8 Å². The third-order valence-electron chi connectivity index (χ3n) is 4.18. The van der Waals surface area contributed by atoms with Crippen molar-refractivity contribution in [3.63, 3.8) is 0 Å². The van der Waals surface area contributed by atoms with Gasteiger partial charge in [-0.05, 0) is 37.5 Å². The van der Waals surface area contributed by atoms with Crippen LogP contribution in [0.5, 0.6) is 0 Å². The molecule has 3 rings (SSSR count). The zero-order valence-corrected chi connectivity index (χ0v) is 8.95. The molecule has 3 nitrogen and oxygen atoms in total. The van der Waals surface area contributed by atoms with E-state index in [0.29, 0.717) is 30.8 Å². The molecule has 0 N–H and O–H groups in total. The van der Waals surface area contributed by atoms with Crippen LogP contribution in [0.15, 0.2) is 0 Å². The minimum Gasteiger partial charge on any atom is -0.332 e. The topological polar surface area (TPSA) is 37.4 Å². The molecule has 1 heterocycles. The van der Waals surface area contributed by atoms with Crippen molar-refractivity contribution >= 4 is 11.7 Å². The van der Waals surface area contributed by atoms with E-state index in [-0.39, 0.29) is 11.7 Å². The standard InChI is InChI=1S/C12H17NO2/c14-10-6-7-13(12(10)15)11(9-4-5-9)8-2-1-3-8/h8-9,11H,1-7H2. The van der Waals surface area contributed by atoms with Crippen LogP contribution in [0.1, 0.15) is 38.5 Å². The largest absolute Gasteiger partial charge is 0.332 e. The van der Waals surface area contributed by atoms with Crippen LogP contribution in [-0.2, 0) is 9.59 Å². The number of hydrogen-bond donors (Lipinski definition) is 0. The summed E-state index contributed by atoms with van der Waals surface area (Å²) in [7, 11) is 0. The van der Waals surface area contributed by atoms with Gasteiger partial charge in [-0.1, -0.05) is 6.42 Å². The van der Waals surface area contributed by atoms with E-state index in [1.807, 2.05) is 4.90 Å². The Labute approximate surface area is 89.8 Å². The van der Waals surface area contributed by atoms with Crippen molar-refractivity contribution in [3.8, 4) is 0 Å². The van der Waals surface area contributed by atoms with E-state index in [9.17, 15) is 9.59 Å². The fourth-order valence-electron chi connectivity index (χ4n) is 2.99. The minimum absolute atomic E-state index is 0.167. The highest BCUT2D eigenvalue weighted by atomic mass is 16.2. The molecular weight excluding hydrogens is 190 g/mol. The summed E-state index contributed by atoms with van der Waals surface area (Å²) in [6.07, 6.45) is 6.81. The van der Waals surface area contributed by atoms with E-state index in [0.717, 1.165) is 0 Å². The molecule has 3 fully saturated rings. The second kappa shape index (κ2) is 3.32. The predicted molar refractivity (Wildman–Crippen MR) is 55.2 cm³/mol. The molecule has 3 aliphatic rings. The summed E-state index contributed by atoms with van der Waals surface area (Å²) in [5.74, 6) is 1.05. The summed E-state index contributed by atoms with van der Waals surface area (Å²) >= 11 is 0. The Bertz CT molecular complexity index is 305. The number of Topliss-reactive ketones (excluding diaryl/α,β-unsaturated/α-hetero) is 1. The maximum absolute atomic E-state index is 11.7. The lowest BCUT2D eigenvalue weighted by molar-refractivity contribution is -0.142. The molecule has 2 saturated carbocycles. The first-order valence-corrected chi connectivity index (χ1v) is 6.11. The molecule has 0 aromatic carbocycles. The average Bonchev–Trinajstić information content (AvgIpc) is 2.91. The first kappa shape index (κ1) is 9.37. The number of carbonyl (C=O) groups is 2. The lowest BCUT2D eigenvalue weighted by Gasteiger charge is -2.39. The Morgan fingerprint density at radius 1 is 1.07 bits per heavy atom. The number of ketones is 1. The molecule has 1 saturated heterocycles. The zero-order chi connectivity index (χ0) is 10.4. The molecule has 1 atom stereocenters. The summed E-state index contributed by atoms with van der Waals surface area (Å²) in [6.45, 7) is 0.690. The molecule has 15 heavy (non-hydrogen) atoms. The van der Waals surface area contributed by atoms with Gasteiger partial charge in [-0.3, -0.25) is 9.59 Å². The first-order valence-electron chi connectivity index (χ1n) is 6.11. The van der Waals surface area contributed by atoms with Crippen LogP contribution in [-0.4, -0.2) is 29.2 Å².